The van der Waals surface area contributed by atoms with Gasteiger partial charge in [0.2, 0.25) is 5.95 Å². The molecule has 1 atom stereocenters. The lowest BCUT2D eigenvalue weighted by atomic mass is 10.1. The van der Waals surface area contributed by atoms with Crippen molar-refractivity contribution >= 4 is 17.7 Å². The minimum Gasteiger partial charge on any atom is -0.354 e. The van der Waals surface area contributed by atoms with E-state index >= 15 is 0 Å². The Morgan fingerprint density at radius 3 is 2.89 bits per heavy atom. The Kier molecular flexibility index (Phi) is 4.63. The molecule has 2 aliphatic heterocycles. The molecule has 1 N–H and O–H groups in total. The molecule has 138 valence electrons. The predicted molar refractivity (Wildman–Crippen MR) is 102 cm³/mol. The van der Waals surface area contributed by atoms with Crippen LogP contribution in [-0.4, -0.2) is 46.5 Å². The van der Waals surface area contributed by atoms with Crippen molar-refractivity contribution in [2.24, 2.45) is 0 Å². The Labute approximate surface area is 158 Å². The first-order valence-electron chi connectivity index (χ1n) is 9.35. The predicted octanol–water partition coefficient (Wildman–Crippen LogP) is 2.40. The Balaban J connectivity index is 1.66. The number of carbonyl (C=O) groups is 1. The van der Waals surface area contributed by atoms with Crippen LogP contribution >= 0.6 is 0 Å². The molecule has 2 aromatic rings. The van der Waals surface area contributed by atoms with Crippen molar-refractivity contribution in [2.75, 3.05) is 29.9 Å². The van der Waals surface area contributed by atoms with Crippen LogP contribution in [0.5, 0.6) is 0 Å². The van der Waals surface area contributed by atoms with Crippen molar-refractivity contribution in [1.82, 2.24) is 14.9 Å². The lowest BCUT2D eigenvalue weighted by molar-refractivity contribution is 0.0741. The SMILES string of the molecule is CCNc1ncc2c(n1)N1CCCC1CN(Cc1ccc(C#N)cc1)C2=O. The smallest absolute Gasteiger partial charge is 0.259 e. The van der Waals surface area contributed by atoms with E-state index in [0.717, 1.165) is 37.3 Å². The van der Waals surface area contributed by atoms with E-state index < -0.39 is 0 Å². The van der Waals surface area contributed by atoms with E-state index in [2.05, 4.69) is 26.3 Å². The van der Waals surface area contributed by atoms with Crippen LogP contribution in [0.25, 0.3) is 0 Å². The molecular weight excluding hydrogens is 340 g/mol. The lowest BCUT2D eigenvalue weighted by Crippen LogP contribution is -2.39. The third-order valence-corrected chi connectivity index (χ3v) is 5.16. The maximum atomic E-state index is 13.2. The zero-order chi connectivity index (χ0) is 18.8. The number of benzene rings is 1. The quantitative estimate of drug-likeness (QED) is 0.899. The van der Waals surface area contributed by atoms with Crippen molar-refractivity contribution in [2.45, 2.75) is 32.4 Å². The Morgan fingerprint density at radius 1 is 1.33 bits per heavy atom. The number of amides is 1. The van der Waals surface area contributed by atoms with Gasteiger partial charge in [-0.1, -0.05) is 12.1 Å². The normalized spacial score (nSPS) is 18.5. The highest BCUT2D eigenvalue weighted by atomic mass is 16.2. The highest BCUT2D eigenvalue weighted by Crippen LogP contribution is 2.32. The number of anilines is 2. The van der Waals surface area contributed by atoms with Crippen molar-refractivity contribution in [1.29, 1.82) is 5.26 Å². The monoisotopic (exact) mass is 362 g/mol. The molecule has 1 saturated heterocycles. The maximum Gasteiger partial charge on any atom is 0.259 e. The van der Waals surface area contributed by atoms with Gasteiger partial charge in [-0.15, -0.1) is 0 Å². The fraction of sp³-hybridized carbons (Fsp3) is 0.400. The van der Waals surface area contributed by atoms with E-state index in [4.69, 9.17) is 5.26 Å². The molecule has 2 aliphatic rings. The Morgan fingerprint density at radius 2 is 2.15 bits per heavy atom. The molecule has 1 amide bonds. The van der Waals surface area contributed by atoms with Crippen LogP contribution in [0.2, 0.25) is 0 Å². The zero-order valence-electron chi connectivity index (χ0n) is 15.4. The van der Waals surface area contributed by atoms with Crippen molar-refractivity contribution < 1.29 is 4.79 Å². The van der Waals surface area contributed by atoms with Gasteiger partial charge in [-0.25, -0.2) is 4.98 Å². The van der Waals surface area contributed by atoms with Gasteiger partial charge in [0.25, 0.3) is 5.91 Å². The molecule has 1 fully saturated rings. The maximum absolute atomic E-state index is 13.2. The number of rotatable bonds is 4. The first kappa shape index (κ1) is 17.3. The fourth-order valence-corrected chi connectivity index (χ4v) is 3.84. The molecule has 7 nitrogen and oxygen atoms in total. The molecule has 1 aromatic carbocycles. The average molecular weight is 362 g/mol. The summed E-state index contributed by atoms with van der Waals surface area (Å²) in [6.07, 6.45) is 3.80. The highest BCUT2D eigenvalue weighted by molar-refractivity contribution is 5.99. The summed E-state index contributed by atoms with van der Waals surface area (Å²) in [5.74, 6) is 1.28. The summed E-state index contributed by atoms with van der Waals surface area (Å²) in [5.41, 5.74) is 2.20. The van der Waals surface area contributed by atoms with Gasteiger partial charge in [-0.2, -0.15) is 10.2 Å². The summed E-state index contributed by atoms with van der Waals surface area (Å²) in [6.45, 7) is 4.84. The molecule has 0 bridgehead atoms. The first-order valence-corrected chi connectivity index (χ1v) is 9.35. The molecule has 4 rings (SSSR count). The van der Waals surface area contributed by atoms with Crippen molar-refractivity contribution in [3.8, 4) is 6.07 Å². The van der Waals surface area contributed by atoms with Crippen molar-refractivity contribution in [3.63, 3.8) is 0 Å². The number of nitrogens with one attached hydrogen (secondary N) is 1. The van der Waals surface area contributed by atoms with Gasteiger partial charge in [-0.3, -0.25) is 4.79 Å². The number of nitriles is 1. The topological polar surface area (TPSA) is 85.2 Å². The minimum atomic E-state index is -0.0354. The third kappa shape index (κ3) is 3.31. The molecule has 0 spiro atoms. The second-order valence-corrected chi connectivity index (χ2v) is 6.95. The van der Waals surface area contributed by atoms with Crippen LogP contribution < -0.4 is 10.2 Å². The number of aromatic nitrogens is 2. The van der Waals surface area contributed by atoms with E-state index in [1.165, 1.54) is 0 Å². The number of nitrogens with zero attached hydrogens (tertiary/aromatic N) is 5. The van der Waals surface area contributed by atoms with Gasteiger partial charge in [-0.05, 0) is 37.5 Å². The van der Waals surface area contributed by atoms with Crippen LogP contribution in [0.1, 0.15) is 41.3 Å². The second-order valence-electron chi connectivity index (χ2n) is 6.95. The molecule has 3 heterocycles. The van der Waals surface area contributed by atoms with E-state index in [9.17, 15) is 4.79 Å². The summed E-state index contributed by atoms with van der Waals surface area (Å²) < 4.78 is 0. The zero-order valence-corrected chi connectivity index (χ0v) is 15.4. The van der Waals surface area contributed by atoms with Gasteiger partial charge in [0, 0.05) is 38.4 Å². The summed E-state index contributed by atoms with van der Waals surface area (Å²) in [5, 5.41) is 12.1. The molecule has 1 unspecified atom stereocenters. The van der Waals surface area contributed by atoms with E-state index in [-0.39, 0.29) is 11.9 Å². The molecule has 0 radical (unpaired) electrons. The lowest BCUT2D eigenvalue weighted by Gasteiger charge is -2.27. The van der Waals surface area contributed by atoms with E-state index in [1.807, 2.05) is 24.0 Å². The van der Waals surface area contributed by atoms with Crippen LogP contribution in [0.4, 0.5) is 11.8 Å². The summed E-state index contributed by atoms with van der Waals surface area (Å²) in [7, 11) is 0. The molecule has 7 heteroatoms. The third-order valence-electron chi connectivity index (χ3n) is 5.16. The van der Waals surface area contributed by atoms with Crippen LogP contribution in [-0.2, 0) is 6.54 Å². The highest BCUT2D eigenvalue weighted by Gasteiger charge is 2.36. The number of hydrogen-bond acceptors (Lipinski definition) is 6. The summed E-state index contributed by atoms with van der Waals surface area (Å²) in [4.78, 5) is 26.3. The van der Waals surface area contributed by atoms with Gasteiger partial charge in [0.05, 0.1) is 11.6 Å². The summed E-state index contributed by atoms with van der Waals surface area (Å²) in [6, 6.07) is 9.81. The molecule has 1 aromatic heterocycles. The van der Waals surface area contributed by atoms with E-state index in [1.54, 1.807) is 18.3 Å². The largest absolute Gasteiger partial charge is 0.354 e. The van der Waals surface area contributed by atoms with Crippen LogP contribution in [0.3, 0.4) is 0 Å². The van der Waals surface area contributed by atoms with Gasteiger partial charge in [0.1, 0.15) is 11.4 Å². The molecule has 27 heavy (non-hydrogen) atoms. The molecule has 0 saturated carbocycles. The van der Waals surface area contributed by atoms with Crippen LogP contribution in [0.15, 0.2) is 30.5 Å². The van der Waals surface area contributed by atoms with Gasteiger partial charge < -0.3 is 15.1 Å². The van der Waals surface area contributed by atoms with Crippen LogP contribution in [0, 0.1) is 11.3 Å². The first-order chi connectivity index (χ1) is 13.2. The van der Waals surface area contributed by atoms with Gasteiger partial charge >= 0.3 is 0 Å². The Hall–Kier alpha value is -3.14. The number of hydrogen-bond donors (Lipinski definition) is 1. The number of carbonyl (C=O) groups excluding carboxylic acids is 1. The fourth-order valence-electron chi connectivity index (χ4n) is 3.84. The number of fused-ring (bicyclic) bond motifs is 3. The van der Waals surface area contributed by atoms with E-state index in [0.29, 0.717) is 30.2 Å². The summed E-state index contributed by atoms with van der Waals surface area (Å²) >= 11 is 0. The molecular formula is C20H22N6O. The van der Waals surface area contributed by atoms with Gasteiger partial charge in [0.15, 0.2) is 0 Å². The standard InChI is InChI=1S/C20H22N6O/c1-2-22-20-23-11-17-18(24-20)26-9-3-4-16(26)13-25(19(17)27)12-15-7-5-14(10-21)6-8-15/h5-8,11,16H,2-4,9,12-13H2,1H3,(H,22,23,24). The Bertz CT molecular complexity index is 888. The molecule has 0 aliphatic carbocycles. The minimum absolute atomic E-state index is 0.0354. The second kappa shape index (κ2) is 7.23. The average Bonchev–Trinajstić information content (AvgIpc) is 3.12. The van der Waals surface area contributed by atoms with Crippen molar-refractivity contribution in [3.05, 3.63) is 47.2 Å².